The number of carbonyl (C=O) groups excluding carboxylic acids is 1. The maximum atomic E-state index is 12.6. The van der Waals surface area contributed by atoms with Crippen molar-refractivity contribution in [3.8, 4) is 0 Å². The van der Waals surface area contributed by atoms with E-state index in [-0.39, 0.29) is 22.4 Å². The number of piperidine rings is 1. The van der Waals surface area contributed by atoms with Crippen LogP contribution in [0.5, 0.6) is 0 Å². The average Bonchev–Trinajstić information content (AvgIpc) is 2.62. The minimum Gasteiger partial charge on any atom is -0.382 e. The van der Waals surface area contributed by atoms with Crippen molar-refractivity contribution in [3.63, 3.8) is 0 Å². The van der Waals surface area contributed by atoms with Crippen molar-refractivity contribution in [2.45, 2.75) is 23.8 Å². The van der Waals surface area contributed by atoms with Crippen LogP contribution in [0.1, 0.15) is 23.3 Å². The van der Waals surface area contributed by atoms with Gasteiger partial charge in [0.05, 0.1) is 16.3 Å². The van der Waals surface area contributed by atoms with E-state index >= 15 is 0 Å². The van der Waals surface area contributed by atoms with Gasteiger partial charge in [-0.05, 0) is 31.0 Å². The Kier molecular flexibility index (Phi) is 5.29. The van der Waals surface area contributed by atoms with Gasteiger partial charge in [-0.25, -0.2) is 18.4 Å². The topological polar surface area (TPSA) is 144 Å². The summed E-state index contributed by atoms with van der Waals surface area (Å²) in [6.45, 7) is 1.44. The van der Waals surface area contributed by atoms with Crippen LogP contribution in [-0.2, 0) is 9.84 Å². The number of hydrogen-bond donors (Lipinski definition) is 3. The summed E-state index contributed by atoms with van der Waals surface area (Å²) in [5.41, 5.74) is 12.8. The summed E-state index contributed by atoms with van der Waals surface area (Å²) in [5.74, 6) is -0.555. The molecule has 1 aliphatic heterocycles. The molecule has 5 N–H and O–H groups in total. The van der Waals surface area contributed by atoms with E-state index in [0.717, 1.165) is 37.9 Å². The molecule has 2 heterocycles. The van der Waals surface area contributed by atoms with E-state index in [1.807, 2.05) is 0 Å². The monoisotopic (exact) mass is 390 g/mol. The Morgan fingerprint density at radius 3 is 2.52 bits per heavy atom. The number of nitrogen functional groups attached to an aromatic ring is 1. The summed E-state index contributed by atoms with van der Waals surface area (Å²) in [7, 11) is -3.43. The van der Waals surface area contributed by atoms with Crippen LogP contribution in [0.2, 0.25) is 0 Å². The van der Waals surface area contributed by atoms with Gasteiger partial charge < -0.3 is 21.7 Å². The number of hydrogen-bond acceptors (Lipinski definition) is 8. The molecular weight excluding hydrogens is 368 g/mol. The zero-order valence-corrected chi connectivity index (χ0v) is 15.7. The Balaban J connectivity index is 1.97. The van der Waals surface area contributed by atoms with Gasteiger partial charge in [0.2, 0.25) is 0 Å². The summed E-state index contributed by atoms with van der Waals surface area (Å²) in [6.07, 6.45) is 5.51. The molecule has 0 atom stereocenters. The third-order valence-electron chi connectivity index (χ3n) is 4.47. The van der Waals surface area contributed by atoms with Gasteiger partial charge in [0.15, 0.2) is 21.3 Å². The molecule has 9 nitrogen and oxygen atoms in total. The molecule has 0 spiro atoms. The van der Waals surface area contributed by atoms with Crippen molar-refractivity contribution in [2.75, 3.05) is 35.3 Å². The third-order valence-corrected chi connectivity index (χ3v) is 5.58. The second-order valence-electron chi connectivity index (χ2n) is 6.52. The first-order valence-electron chi connectivity index (χ1n) is 8.48. The molecule has 1 saturated heterocycles. The number of anilines is 3. The van der Waals surface area contributed by atoms with Crippen LogP contribution in [0.4, 0.5) is 17.2 Å². The molecule has 1 amide bonds. The van der Waals surface area contributed by atoms with E-state index in [1.54, 1.807) is 6.07 Å². The summed E-state index contributed by atoms with van der Waals surface area (Å²) in [6, 6.07) is 4.83. The lowest BCUT2D eigenvalue weighted by Gasteiger charge is -2.33. The summed E-state index contributed by atoms with van der Waals surface area (Å²) in [5, 5.41) is 2.73. The Bertz CT molecular complexity index is 955. The first-order valence-corrected chi connectivity index (χ1v) is 10.4. The highest BCUT2D eigenvalue weighted by atomic mass is 32.2. The van der Waals surface area contributed by atoms with Gasteiger partial charge in [0.1, 0.15) is 0 Å². The molecule has 27 heavy (non-hydrogen) atoms. The number of nitrogens with zero attached hydrogens (tertiary/aromatic N) is 3. The van der Waals surface area contributed by atoms with E-state index in [0.29, 0.717) is 5.69 Å². The number of nitrogens with one attached hydrogen (secondary N) is 1. The zero-order chi connectivity index (χ0) is 19.6. The molecule has 1 aromatic heterocycles. The summed E-state index contributed by atoms with van der Waals surface area (Å²) in [4.78, 5) is 22.6. The standard InChI is InChI=1S/C17H22N6O3S/c1-27(25,26)12-2-3-14(23-8-4-11(18)5-9-23)13(10-12)22-17(24)15-16(19)21-7-6-20-15/h2-3,6-7,10-11H,4-5,8-9,18H2,1H3,(H2,19,21)(H,22,24). The lowest BCUT2D eigenvalue weighted by atomic mass is 10.0. The Morgan fingerprint density at radius 1 is 1.22 bits per heavy atom. The van der Waals surface area contributed by atoms with Gasteiger partial charge in [-0.3, -0.25) is 4.79 Å². The quantitative estimate of drug-likeness (QED) is 0.690. The molecule has 1 aromatic carbocycles. The van der Waals surface area contributed by atoms with Crippen molar-refractivity contribution >= 4 is 32.9 Å². The van der Waals surface area contributed by atoms with Gasteiger partial charge in [-0.1, -0.05) is 0 Å². The second-order valence-corrected chi connectivity index (χ2v) is 8.54. The van der Waals surface area contributed by atoms with Crippen molar-refractivity contribution in [1.29, 1.82) is 0 Å². The van der Waals surface area contributed by atoms with Gasteiger partial charge in [0.25, 0.3) is 5.91 Å². The molecule has 3 rings (SSSR count). The highest BCUT2D eigenvalue weighted by molar-refractivity contribution is 7.90. The largest absolute Gasteiger partial charge is 0.382 e. The van der Waals surface area contributed by atoms with Crippen LogP contribution in [0.15, 0.2) is 35.5 Å². The van der Waals surface area contributed by atoms with E-state index in [4.69, 9.17) is 11.5 Å². The minimum atomic E-state index is -3.43. The predicted octanol–water partition coefficient (Wildman–Crippen LogP) is 0.642. The van der Waals surface area contributed by atoms with Crippen molar-refractivity contribution in [3.05, 3.63) is 36.3 Å². The highest BCUT2D eigenvalue weighted by Gasteiger charge is 2.22. The molecule has 0 unspecified atom stereocenters. The van der Waals surface area contributed by atoms with Crippen molar-refractivity contribution in [2.24, 2.45) is 5.73 Å². The number of rotatable bonds is 4. The Morgan fingerprint density at radius 2 is 1.89 bits per heavy atom. The summed E-state index contributed by atoms with van der Waals surface area (Å²) >= 11 is 0. The Labute approximate surface area is 157 Å². The van der Waals surface area contributed by atoms with E-state index in [2.05, 4.69) is 20.2 Å². The normalized spacial score (nSPS) is 15.6. The van der Waals surface area contributed by atoms with Crippen LogP contribution in [0.25, 0.3) is 0 Å². The summed E-state index contributed by atoms with van der Waals surface area (Å²) < 4.78 is 23.9. The fraction of sp³-hybridized carbons (Fsp3) is 0.353. The predicted molar refractivity (Wildman–Crippen MR) is 103 cm³/mol. The third kappa shape index (κ3) is 4.34. The van der Waals surface area contributed by atoms with Gasteiger partial charge in [0, 0.05) is 37.8 Å². The molecule has 1 fully saturated rings. The lowest BCUT2D eigenvalue weighted by Crippen LogP contribution is -2.40. The maximum absolute atomic E-state index is 12.6. The highest BCUT2D eigenvalue weighted by Crippen LogP contribution is 2.31. The molecule has 144 valence electrons. The van der Waals surface area contributed by atoms with Crippen LogP contribution in [0, 0.1) is 0 Å². The molecule has 0 radical (unpaired) electrons. The molecular formula is C17H22N6O3S. The molecule has 0 saturated carbocycles. The SMILES string of the molecule is CS(=O)(=O)c1ccc(N2CCC(N)CC2)c(NC(=O)c2nccnc2N)c1. The van der Waals surface area contributed by atoms with Gasteiger partial charge >= 0.3 is 0 Å². The van der Waals surface area contributed by atoms with Crippen LogP contribution < -0.4 is 21.7 Å². The van der Waals surface area contributed by atoms with Crippen molar-refractivity contribution < 1.29 is 13.2 Å². The van der Waals surface area contributed by atoms with Gasteiger partial charge in [-0.15, -0.1) is 0 Å². The molecule has 0 aliphatic carbocycles. The molecule has 10 heteroatoms. The molecule has 2 aromatic rings. The number of benzene rings is 1. The molecule has 0 bridgehead atoms. The smallest absolute Gasteiger partial charge is 0.278 e. The number of aromatic nitrogens is 2. The average molecular weight is 390 g/mol. The van der Waals surface area contributed by atoms with E-state index in [1.165, 1.54) is 24.5 Å². The van der Waals surface area contributed by atoms with Crippen LogP contribution in [0.3, 0.4) is 0 Å². The first-order chi connectivity index (χ1) is 12.8. The molecule has 1 aliphatic rings. The van der Waals surface area contributed by atoms with Crippen molar-refractivity contribution in [1.82, 2.24) is 9.97 Å². The first kappa shape index (κ1) is 19.1. The fourth-order valence-electron chi connectivity index (χ4n) is 2.97. The number of carbonyl (C=O) groups is 1. The zero-order valence-electron chi connectivity index (χ0n) is 14.9. The number of amides is 1. The van der Waals surface area contributed by atoms with E-state index in [9.17, 15) is 13.2 Å². The Hall–Kier alpha value is -2.72. The van der Waals surface area contributed by atoms with E-state index < -0.39 is 15.7 Å². The van der Waals surface area contributed by atoms with Gasteiger partial charge in [-0.2, -0.15) is 0 Å². The lowest BCUT2D eigenvalue weighted by molar-refractivity contribution is 0.102. The fourth-order valence-corrected chi connectivity index (χ4v) is 3.61. The number of nitrogens with two attached hydrogens (primary N) is 2. The van der Waals surface area contributed by atoms with Crippen LogP contribution in [-0.4, -0.2) is 49.7 Å². The number of sulfone groups is 1. The second kappa shape index (κ2) is 7.49. The minimum absolute atomic E-state index is 0.000219. The maximum Gasteiger partial charge on any atom is 0.278 e. The van der Waals surface area contributed by atoms with Crippen LogP contribution >= 0.6 is 0 Å².